The van der Waals surface area contributed by atoms with Crippen molar-refractivity contribution in [2.45, 2.75) is 25.9 Å². The maximum atomic E-state index is 12.9. The molecule has 19 heavy (non-hydrogen) atoms. The van der Waals surface area contributed by atoms with Crippen LogP contribution in [-0.4, -0.2) is 10.8 Å². The molecule has 1 aromatic rings. The molecule has 2 N–H and O–H groups in total. The van der Waals surface area contributed by atoms with Crippen LogP contribution in [0.5, 0.6) is 0 Å². The Morgan fingerprint density at radius 1 is 1.42 bits per heavy atom. The number of benzene rings is 1. The van der Waals surface area contributed by atoms with Crippen molar-refractivity contribution in [3.8, 4) is 0 Å². The molecule has 0 saturated heterocycles. The van der Waals surface area contributed by atoms with E-state index in [0.29, 0.717) is 0 Å². The van der Waals surface area contributed by atoms with Crippen molar-refractivity contribution in [2.75, 3.05) is 0 Å². The fourth-order valence-corrected chi connectivity index (χ4v) is 1.85. The average Bonchev–Trinajstić information content (AvgIpc) is 2.25. The fraction of sp³-hybridized carbons (Fsp3) is 0.364. The molecule has 0 aliphatic heterocycles. The van der Waals surface area contributed by atoms with Gasteiger partial charge in [0.25, 0.3) is 5.69 Å². The molecule has 0 heterocycles. The molecule has 0 spiro atoms. The maximum absolute atomic E-state index is 12.9. The summed E-state index contributed by atoms with van der Waals surface area (Å²) in [6.07, 6.45) is -4.88. The van der Waals surface area contributed by atoms with Crippen LogP contribution >= 0.6 is 0 Å². The predicted molar refractivity (Wildman–Crippen MR) is 60.4 cm³/mol. The van der Waals surface area contributed by atoms with Gasteiger partial charge in [-0.2, -0.15) is 13.2 Å². The van der Waals surface area contributed by atoms with Crippen LogP contribution in [0.1, 0.15) is 29.5 Å². The van der Waals surface area contributed by atoms with E-state index in [9.17, 15) is 28.1 Å². The monoisotopic (exact) mass is 276 g/mol. The molecule has 0 saturated carbocycles. The summed E-state index contributed by atoms with van der Waals surface area (Å²) < 4.78 is 38.7. The average molecular weight is 276 g/mol. The van der Waals surface area contributed by atoms with E-state index in [2.05, 4.69) is 0 Å². The van der Waals surface area contributed by atoms with Crippen LogP contribution in [0.15, 0.2) is 12.1 Å². The predicted octanol–water partition coefficient (Wildman–Crippen LogP) is 2.51. The number of carbonyl (C=O) groups is 1. The SMILES string of the molecule is Cc1c(C(C)C(N)=O)ccc([N+](=O)[O-])c1C(F)(F)F. The molecule has 0 aromatic heterocycles. The van der Waals surface area contributed by atoms with Gasteiger partial charge in [0.05, 0.1) is 10.8 Å². The van der Waals surface area contributed by atoms with Crippen LogP contribution in [0.25, 0.3) is 0 Å². The Kier molecular flexibility index (Phi) is 3.83. The number of rotatable bonds is 3. The van der Waals surface area contributed by atoms with Gasteiger partial charge in [-0.3, -0.25) is 14.9 Å². The number of primary amides is 1. The second-order valence-electron chi connectivity index (χ2n) is 4.05. The summed E-state index contributed by atoms with van der Waals surface area (Å²) in [6, 6.07) is 1.86. The molecule has 1 rings (SSSR count). The highest BCUT2D eigenvalue weighted by molar-refractivity contribution is 5.82. The van der Waals surface area contributed by atoms with Gasteiger partial charge in [0.2, 0.25) is 5.91 Å². The molecule has 0 bridgehead atoms. The summed E-state index contributed by atoms with van der Waals surface area (Å²) in [5.41, 5.74) is 2.34. The Morgan fingerprint density at radius 2 is 1.95 bits per heavy atom. The van der Waals surface area contributed by atoms with E-state index in [0.717, 1.165) is 19.1 Å². The molecule has 1 aromatic carbocycles. The lowest BCUT2D eigenvalue weighted by Crippen LogP contribution is -2.21. The zero-order chi connectivity index (χ0) is 15.0. The zero-order valence-corrected chi connectivity index (χ0v) is 10.1. The number of carbonyl (C=O) groups excluding carboxylic acids is 1. The summed E-state index contributed by atoms with van der Waals surface area (Å²) in [7, 11) is 0. The van der Waals surface area contributed by atoms with Crippen molar-refractivity contribution in [1.82, 2.24) is 0 Å². The lowest BCUT2D eigenvalue weighted by molar-refractivity contribution is -0.388. The molecular formula is C11H11F3N2O3. The number of nitrogens with two attached hydrogens (primary N) is 1. The Morgan fingerprint density at radius 3 is 2.32 bits per heavy atom. The van der Waals surface area contributed by atoms with Gasteiger partial charge in [-0.1, -0.05) is 6.07 Å². The summed E-state index contributed by atoms with van der Waals surface area (Å²) >= 11 is 0. The molecule has 1 amide bonds. The first-order chi connectivity index (χ1) is 8.57. The van der Waals surface area contributed by atoms with Crippen LogP contribution in [0, 0.1) is 17.0 Å². The van der Waals surface area contributed by atoms with E-state index in [1.165, 1.54) is 6.92 Å². The van der Waals surface area contributed by atoms with Crippen molar-refractivity contribution in [3.63, 3.8) is 0 Å². The first kappa shape index (κ1) is 14.9. The third kappa shape index (κ3) is 2.83. The number of hydrogen-bond donors (Lipinski definition) is 1. The van der Waals surface area contributed by atoms with E-state index in [-0.39, 0.29) is 11.1 Å². The summed E-state index contributed by atoms with van der Waals surface area (Å²) in [6.45, 7) is 2.43. The van der Waals surface area contributed by atoms with Gasteiger partial charge in [-0.15, -0.1) is 0 Å². The molecule has 104 valence electrons. The molecule has 1 unspecified atom stereocenters. The minimum Gasteiger partial charge on any atom is -0.369 e. The standard InChI is InChI=1S/C11H11F3N2O3/c1-5-7(6(2)10(15)17)3-4-8(16(18)19)9(5)11(12,13)14/h3-4,6H,1-2H3,(H2,15,17). The smallest absolute Gasteiger partial charge is 0.369 e. The first-order valence-corrected chi connectivity index (χ1v) is 5.21. The van der Waals surface area contributed by atoms with Crippen LogP contribution in [0.2, 0.25) is 0 Å². The third-order valence-corrected chi connectivity index (χ3v) is 2.86. The topological polar surface area (TPSA) is 86.2 Å². The van der Waals surface area contributed by atoms with Gasteiger partial charge < -0.3 is 5.73 Å². The highest BCUT2D eigenvalue weighted by atomic mass is 19.4. The van der Waals surface area contributed by atoms with E-state index >= 15 is 0 Å². The molecule has 8 heteroatoms. The second kappa shape index (κ2) is 4.87. The number of hydrogen-bond acceptors (Lipinski definition) is 3. The van der Waals surface area contributed by atoms with E-state index < -0.39 is 34.2 Å². The Labute approximate surface area is 106 Å². The minimum absolute atomic E-state index is 0.0328. The number of halogens is 3. The number of nitro benzene ring substituents is 1. The van der Waals surface area contributed by atoms with Gasteiger partial charge in [-0.05, 0) is 25.0 Å². The molecule has 0 radical (unpaired) electrons. The third-order valence-electron chi connectivity index (χ3n) is 2.86. The Bertz CT molecular complexity index is 541. The van der Waals surface area contributed by atoms with Crippen molar-refractivity contribution >= 4 is 11.6 Å². The highest BCUT2D eigenvalue weighted by Crippen LogP contribution is 2.40. The zero-order valence-electron chi connectivity index (χ0n) is 10.1. The van der Waals surface area contributed by atoms with Crippen LogP contribution in [0.3, 0.4) is 0 Å². The molecule has 0 aliphatic carbocycles. The second-order valence-corrected chi connectivity index (χ2v) is 4.05. The quantitative estimate of drug-likeness (QED) is 0.679. The molecule has 0 aliphatic rings. The normalized spacial score (nSPS) is 13.1. The van der Waals surface area contributed by atoms with Gasteiger partial charge in [0.1, 0.15) is 5.56 Å². The van der Waals surface area contributed by atoms with E-state index in [4.69, 9.17) is 5.73 Å². The molecule has 1 atom stereocenters. The number of alkyl halides is 3. The molecule has 0 fully saturated rings. The van der Waals surface area contributed by atoms with Crippen molar-refractivity contribution in [1.29, 1.82) is 0 Å². The Hall–Kier alpha value is -2.12. The van der Waals surface area contributed by atoms with E-state index in [1.54, 1.807) is 0 Å². The number of nitro groups is 1. The fourth-order valence-electron chi connectivity index (χ4n) is 1.85. The lowest BCUT2D eigenvalue weighted by Gasteiger charge is -2.16. The molecule has 5 nitrogen and oxygen atoms in total. The van der Waals surface area contributed by atoms with Crippen molar-refractivity contribution in [3.05, 3.63) is 38.9 Å². The van der Waals surface area contributed by atoms with Gasteiger partial charge in [0, 0.05) is 6.07 Å². The maximum Gasteiger partial charge on any atom is 0.423 e. The summed E-state index contributed by atoms with van der Waals surface area (Å²) in [4.78, 5) is 20.6. The summed E-state index contributed by atoms with van der Waals surface area (Å²) in [5, 5.41) is 10.6. The minimum atomic E-state index is -4.88. The van der Waals surface area contributed by atoms with Crippen molar-refractivity contribution in [2.24, 2.45) is 5.73 Å². The van der Waals surface area contributed by atoms with Crippen molar-refractivity contribution < 1.29 is 22.9 Å². The number of nitrogens with zero attached hydrogens (tertiary/aromatic N) is 1. The first-order valence-electron chi connectivity index (χ1n) is 5.21. The van der Waals surface area contributed by atoms with Gasteiger partial charge in [0.15, 0.2) is 0 Å². The lowest BCUT2D eigenvalue weighted by atomic mass is 9.91. The van der Waals surface area contributed by atoms with Gasteiger partial charge in [-0.25, -0.2) is 0 Å². The van der Waals surface area contributed by atoms with Crippen LogP contribution < -0.4 is 5.73 Å². The van der Waals surface area contributed by atoms with Gasteiger partial charge >= 0.3 is 6.18 Å². The highest BCUT2D eigenvalue weighted by Gasteiger charge is 2.41. The van der Waals surface area contributed by atoms with Crippen LogP contribution in [0.4, 0.5) is 18.9 Å². The summed E-state index contributed by atoms with van der Waals surface area (Å²) in [5.74, 6) is -1.76. The Balaban J connectivity index is 3.60. The largest absolute Gasteiger partial charge is 0.423 e. The number of amides is 1. The van der Waals surface area contributed by atoms with E-state index in [1.807, 2.05) is 0 Å². The van der Waals surface area contributed by atoms with Crippen LogP contribution in [-0.2, 0) is 11.0 Å². The molecular weight excluding hydrogens is 265 g/mol.